The maximum atomic E-state index is 12.1. The molecule has 0 bridgehead atoms. The number of carbonyl (C=O) groups excluding carboxylic acids is 1. The zero-order valence-electron chi connectivity index (χ0n) is 12.0. The van der Waals surface area contributed by atoms with Crippen LogP contribution in [0.25, 0.3) is 0 Å². The van der Waals surface area contributed by atoms with Gasteiger partial charge >= 0.3 is 0 Å². The summed E-state index contributed by atoms with van der Waals surface area (Å²) in [6, 6.07) is 5.56. The Morgan fingerprint density at radius 2 is 2.05 bits per heavy atom. The molecule has 20 heavy (non-hydrogen) atoms. The lowest BCUT2D eigenvalue weighted by molar-refractivity contribution is -0.128. The Morgan fingerprint density at radius 3 is 2.70 bits per heavy atom. The van der Waals surface area contributed by atoms with Gasteiger partial charge in [-0.15, -0.1) is 0 Å². The summed E-state index contributed by atoms with van der Waals surface area (Å²) in [6.45, 7) is 1.78. The topological polar surface area (TPSA) is 56.8 Å². The quantitative estimate of drug-likeness (QED) is 0.892. The predicted octanol–water partition coefficient (Wildman–Crippen LogP) is 1.75. The predicted molar refractivity (Wildman–Crippen MR) is 74.9 cm³/mol. The van der Waals surface area contributed by atoms with Crippen LogP contribution in [0, 0.1) is 5.92 Å². The third-order valence-electron chi connectivity index (χ3n) is 3.53. The summed E-state index contributed by atoms with van der Waals surface area (Å²) in [5.41, 5.74) is 0.909. The van der Waals surface area contributed by atoms with Gasteiger partial charge in [-0.1, -0.05) is 0 Å². The maximum Gasteiger partial charge on any atom is 0.223 e. The first-order chi connectivity index (χ1) is 9.74. The van der Waals surface area contributed by atoms with Crippen LogP contribution in [0.2, 0.25) is 0 Å². The van der Waals surface area contributed by atoms with Crippen molar-refractivity contribution >= 4 is 5.91 Å². The third kappa shape index (κ3) is 3.63. The van der Waals surface area contributed by atoms with Gasteiger partial charge in [0.1, 0.15) is 11.5 Å². The number of rotatable bonds is 5. The largest absolute Gasteiger partial charge is 0.497 e. The van der Waals surface area contributed by atoms with Gasteiger partial charge in [0, 0.05) is 31.2 Å². The Kier molecular flexibility index (Phi) is 5.24. The van der Waals surface area contributed by atoms with Crippen LogP contribution in [-0.4, -0.2) is 33.3 Å². The molecule has 0 saturated carbocycles. The normalized spacial score (nSPS) is 15.7. The molecule has 1 fully saturated rings. The first kappa shape index (κ1) is 14.7. The minimum absolute atomic E-state index is 0.0559. The third-order valence-corrected chi connectivity index (χ3v) is 3.53. The summed E-state index contributed by atoms with van der Waals surface area (Å²) in [4.78, 5) is 12.1. The SMILES string of the molecule is COc1ccc(OC)c(CNC(=O)C2CCOCC2)c1. The van der Waals surface area contributed by atoms with Crippen LogP contribution in [0.15, 0.2) is 18.2 Å². The number of ether oxygens (including phenoxy) is 3. The number of nitrogens with one attached hydrogen (secondary N) is 1. The van der Waals surface area contributed by atoms with Gasteiger partial charge in [0.25, 0.3) is 0 Å². The lowest BCUT2D eigenvalue weighted by atomic mass is 9.99. The molecule has 1 aromatic carbocycles. The first-order valence-electron chi connectivity index (χ1n) is 6.81. The van der Waals surface area contributed by atoms with E-state index in [-0.39, 0.29) is 11.8 Å². The van der Waals surface area contributed by atoms with Crippen molar-refractivity contribution in [2.75, 3.05) is 27.4 Å². The van der Waals surface area contributed by atoms with Crippen molar-refractivity contribution in [2.45, 2.75) is 19.4 Å². The number of benzene rings is 1. The van der Waals surface area contributed by atoms with Crippen LogP contribution in [0.1, 0.15) is 18.4 Å². The molecule has 0 atom stereocenters. The Morgan fingerprint density at radius 1 is 1.30 bits per heavy atom. The minimum atomic E-state index is 0.0559. The van der Waals surface area contributed by atoms with Gasteiger partial charge in [-0.3, -0.25) is 4.79 Å². The fourth-order valence-electron chi connectivity index (χ4n) is 2.31. The summed E-state index contributed by atoms with van der Waals surface area (Å²) in [7, 11) is 3.23. The number of hydrogen-bond acceptors (Lipinski definition) is 4. The summed E-state index contributed by atoms with van der Waals surface area (Å²) in [5.74, 6) is 1.64. The van der Waals surface area contributed by atoms with E-state index < -0.39 is 0 Å². The van der Waals surface area contributed by atoms with E-state index in [0.717, 1.165) is 29.9 Å². The second-order valence-corrected chi connectivity index (χ2v) is 4.78. The van der Waals surface area contributed by atoms with E-state index in [1.54, 1.807) is 14.2 Å². The highest BCUT2D eigenvalue weighted by Crippen LogP contribution is 2.24. The maximum absolute atomic E-state index is 12.1. The molecular weight excluding hydrogens is 258 g/mol. The molecule has 1 aromatic rings. The minimum Gasteiger partial charge on any atom is -0.497 e. The summed E-state index contributed by atoms with van der Waals surface area (Å²) >= 11 is 0. The highest BCUT2D eigenvalue weighted by molar-refractivity contribution is 5.78. The Hall–Kier alpha value is -1.75. The Labute approximate surface area is 119 Å². The molecule has 110 valence electrons. The first-order valence-corrected chi connectivity index (χ1v) is 6.81. The second kappa shape index (κ2) is 7.14. The van der Waals surface area contributed by atoms with Gasteiger partial charge in [-0.2, -0.15) is 0 Å². The van der Waals surface area contributed by atoms with E-state index in [1.807, 2.05) is 18.2 Å². The van der Waals surface area contributed by atoms with Crippen molar-refractivity contribution < 1.29 is 19.0 Å². The highest BCUT2D eigenvalue weighted by atomic mass is 16.5. The standard InChI is InChI=1S/C15H21NO4/c1-18-13-3-4-14(19-2)12(9-13)10-16-15(17)11-5-7-20-8-6-11/h3-4,9,11H,5-8,10H2,1-2H3,(H,16,17). The molecule has 1 N–H and O–H groups in total. The molecule has 0 aromatic heterocycles. The average molecular weight is 279 g/mol. The van der Waals surface area contributed by atoms with Crippen LogP contribution >= 0.6 is 0 Å². The summed E-state index contributed by atoms with van der Waals surface area (Å²) in [6.07, 6.45) is 1.59. The van der Waals surface area contributed by atoms with Gasteiger partial charge in [0.15, 0.2) is 0 Å². The summed E-state index contributed by atoms with van der Waals surface area (Å²) in [5, 5.41) is 2.96. The zero-order chi connectivity index (χ0) is 14.4. The molecule has 5 heteroatoms. The van der Waals surface area contributed by atoms with Gasteiger partial charge in [-0.25, -0.2) is 0 Å². The molecular formula is C15H21NO4. The van der Waals surface area contributed by atoms with E-state index >= 15 is 0 Å². The van der Waals surface area contributed by atoms with Crippen molar-refractivity contribution in [3.63, 3.8) is 0 Å². The van der Waals surface area contributed by atoms with Crippen LogP contribution in [-0.2, 0) is 16.1 Å². The van der Waals surface area contributed by atoms with E-state index in [9.17, 15) is 4.79 Å². The van der Waals surface area contributed by atoms with E-state index in [4.69, 9.17) is 14.2 Å². The van der Waals surface area contributed by atoms with E-state index in [2.05, 4.69) is 5.32 Å². The molecule has 1 heterocycles. The number of amides is 1. The smallest absolute Gasteiger partial charge is 0.223 e. The van der Waals surface area contributed by atoms with Crippen LogP contribution in [0.4, 0.5) is 0 Å². The van der Waals surface area contributed by atoms with Crippen LogP contribution < -0.4 is 14.8 Å². The Bertz CT molecular complexity index is 455. The van der Waals surface area contributed by atoms with Crippen molar-refractivity contribution in [1.82, 2.24) is 5.32 Å². The fraction of sp³-hybridized carbons (Fsp3) is 0.533. The van der Waals surface area contributed by atoms with E-state index in [1.165, 1.54) is 0 Å². The molecule has 0 aliphatic carbocycles. The highest BCUT2D eigenvalue weighted by Gasteiger charge is 2.21. The number of hydrogen-bond donors (Lipinski definition) is 1. The fourth-order valence-corrected chi connectivity index (χ4v) is 2.31. The molecule has 0 unspecified atom stereocenters. The molecule has 0 spiro atoms. The second-order valence-electron chi connectivity index (χ2n) is 4.78. The lowest BCUT2D eigenvalue weighted by Gasteiger charge is -2.21. The van der Waals surface area contributed by atoms with E-state index in [0.29, 0.717) is 19.8 Å². The Balaban J connectivity index is 1.96. The van der Waals surface area contributed by atoms with Crippen LogP contribution in [0.5, 0.6) is 11.5 Å². The van der Waals surface area contributed by atoms with Gasteiger partial charge in [0.05, 0.1) is 14.2 Å². The molecule has 1 amide bonds. The molecule has 1 saturated heterocycles. The zero-order valence-corrected chi connectivity index (χ0v) is 12.0. The van der Waals surface area contributed by atoms with Crippen molar-refractivity contribution in [3.8, 4) is 11.5 Å². The molecule has 0 radical (unpaired) electrons. The van der Waals surface area contributed by atoms with Crippen molar-refractivity contribution in [3.05, 3.63) is 23.8 Å². The van der Waals surface area contributed by atoms with Crippen molar-refractivity contribution in [1.29, 1.82) is 0 Å². The van der Waals surface area contributed by atoms with Gasteiger partial charge < -0.3 is 19.5 Å². The molecule has 2 rings (SSSR count). The molecule has 5 nitrogen and oxygen atoms in total. The lowest BCUT2D eigenvalue weighted by Crippen LogP contribution is -2.33. The number of methoxy groups -OCH3 is 2. The molecule has 1 aliphatic rings. The average Bonchev–Trinajstić information content (AvgIpc) is 2.53. The van der Waals surface area contributed by atoms with Crippen LogP contribution in [0.3, 0.4) is 0 Å². The number of carbonyl (C=O) groups is 1. The monoisotopic (exact) mass is 279 g/mol. The molecule has 1 aliphatic heterocycles. The van der Waals surface area contributed by atoms with Gasteiger partial charge in [-0.05, 0) is 31.0 Å². The van der Waals surface area contributed by atoms with Crippen molar-refractivity contribution in [2.24, 2.45) is 5.92 Å². The summed E-state index contributed by atoms with van der Waals surface area (Å²) < 4.78 is 15.8. The van der Waals surface area contributed by atoms with Gasteiger partial charge in [0.2, 0.25) is 5.91 Å².